The smallest absolute Gasteiger partial charge is 0.266 e. The van der Waals surface area contributed by atoms with Crippen LogP contribution in [0.15, 0.2) is 72.9 Å². The Morgan fingerprint density at radius 3 is 2.09 bits per heavy atom. The molecule has 1 unspecified atom stereocenters. The first-order valence-electron chi connectivity index (χ1n) is 23.8. The number of piperidine rings is 1. The fourth-order valence-corrected chi connectivity index (χ4v) is 8.79. The average Bonchev–Trinajstić information content (AvgIpc) is 3.62. The molecule has 18 nitrogen and oxygen atoms in total. The van der Waals surface area contributed by atoms with Gasteiger partial charge in [-0.25, -0.2) is 4.39 Å². The third kappa shape index (κ3) is 14.1. The lowest BCUT2D eigenvalue weighted by atomic mass is 9.73. The number of hydrogen-bond acceptors (Lipinski definition) is 14. The lowest BCUT2D eigenvalue weighted by Gasteiger charge is -2.32. The lowest BCUT2D eigenvalue weighted by molar-refractivity contribution is -0.136. The summed E-state index contributed by atoms with van der Waals surface area (Å²) in [5.41, 5.74) is 2.68. The number of hydrogen-bond donors (Lipinski definition) is 3. The summed E-state index contributed by atoms with van der Waals surface area (Å²) >= 11 is 0. The second kappa shape index (κ2) is 26.0. The van der Waals surface area contributed by atoms with Crippen LogP contribution in [0.2, 0.25) is 0 Å². The Balaban J connectivity index is 0.633. The average molecular weight is 970 g/mol. The summed E-state index contributed by atoms with van der Waals surface area (Å²) in [6.45, 7) is 5.80. The molecule has 6 amide bonds. The van der Waals surface area contributed by atoms with Crippen molar-refractivity contribution in [3.8, 4) is 11.5 Å². The molecule has 374 valence electrons. The van der Waals surface area contributed by atoms with E-state index in [1.807, 2.05) is 37.3 Å². The highest BCUT2D eigenvalue weighted by Gasteiger charge is 2.46. The van der Waals surface area contributed by atoms with Crippen LogP contribution in [-0.4, -0.2) is 137 Å². The number of fused-ring (bicyclic) bond motifs is 2. The van der Waals surface area contributed by atoms with E-state index in [4.69, 9.17) is 33.2 Å². The van der Waals surface area contributed by atoms with Gasteiger partial charge in [0, 0.05) is 36.2 Å². The first kappa shape index (κ1) is 51.5. The molecule has 7 rings (SSSR count). The lowest BCUT2D eigenvalue weighted by Crippen LogP contribution is -2.54. The molecule has 2 atom stereocenters. The maximum atomic E-state index is 14.0. The van der Waals surface area contributed by atoms with Crippen molar-refractivity contribution in [2.75, 3.05) is 91.1 Å². The Kier molecular flexibility index (Phi) is 19.1. The first-order chi connectivity index (χ1) is 34.1. The molecule has 3 aromatic carbocycles. The Hall–Kier alpha value is -6.38. The van der Waals surface area contributed by atoms with Crippen LogP contribution in [0.4, 0.5) is 10.1 Å². The summed E-state index contributed by atoms with van der Waals surface area (Å²) in [6.07, 6.45) is 5.58. The van der Waals surface area contributed by atoms with E-state index < -0.39 is 42.2 Å². The van der Waals surface area contributed by atoms with Crippen molar-refractivity contribution in [3.05, 3.63) is 95.4 Å². The molecule has 0 spiro atoms. The van der Waals surface area contributed by atoms with Crippen LogP contribution in [0, 0.1) is 17.7 Å². The minimum atomic E-state index is -1.11. The number of halogens is 1. The topological polar surface area (TPSA) is 219 Å². The van der Waals surface area contributed by atoms with Gasteiger partial charge < -0.3 is 43.8 Å². The van der Waals surface area contributed by atoms with Crippen LogP contribution in [0.3, 0.4) is 0 Å². The van der Waals surface area contributed by atoms with E-state index in [2.05, 4.69) is 20.9 Å². The van der Waals surface area contributed by atoms with E-state index in [0.29, 0.717) is 83.4 Å². The van der Waals surface area contributed by atoms with E-state index in [1.54, 1.807) is 18.3 Å². The van der Waals surface area contributed by atoms with E-state index in [1.165, 1.54) is 24.3 Å². The van der Waals surface area contributed by atoms with Crippen molar-refractivity contribution in [2.24, 2.45) is 11.8 Å². The van der Waals surface area contributed by atoms with Crippen LogP contribution in [0.5, 0.6) is 11.5 Å². The molecular weight excluding hydrogens is 910 g/mol. The molecule has 2 aliphatic heterocycles. The highest BCUT2D eigenvalue weighted by atomic mass is 19.1. The van der Waals surface area contributed by atoms with Crippen molar-refractivity contribution in [1.82, 2.24) is 20.5 Å². The van der Waals surface area contributed by atoms with Gasteiger partial charge in [0.05, 0.1) is 82.7 Å². The molecule has 4 aromatic rings. The van der Waals surface area contributed by atoms with Crippen LogP contribution >= 0.6 is 0 Å². The predicted molar refractivity (Wildman–Crippen MR) is 252 cm³/mol. The van der Waals surface area contributed by atoms with Crippen molar-refractivity contribution in [1.29, 1.82) is 0 Å². The van der Waals surface area contributed by atoms with E-state index in [-0.39, 0.29) is 66.4 Å². The fourth-order valence-electron chi connectivity index (χ4n) is 8.79. The number of amides is 6. The van der Waals surface area contributed by atoms with Crippen molar-refractivity contribution >= 4 is 52.0 Å². The van der Waals surface area contributed by atoms with Gasteiger partial charge in [-0.15, -0.1) is 0 Å². The third-order valence-corrected chi connectivity index (χ3v) is 12.5. The van der Waals surface area contributed by atoms with Crippen LogP contribution in [0.1, 0.15) is 77.6 Å². The standard InChI is InChI=1S/C51H60FN5O13/c1-33(34-5-7-35(8-6-34)39-17-18-53-42-14-9-36(52)31-41(39)42)48(60)55-37-10-12-38(13-11-37)69-30-29-68-28-27-67-26-25-66-24-23-65-22-21-64-20-19-54-46(59)32-70-44-4-2-3-40-47(44)51(63)57(50(40)62)43-15-16-45(58)56-49(43)61/h2-4,9-14,17-18,31,33-35,43H,5-8,15-16,19-30,32H2,1H3,(H,54,59)(H,55,60)(H,56,58,61)/t33-,34?,35?,43?/m1/s1. The van der Waals surface area contributed by atoms with Gasteiger partial charge in [-0.1, -0.05) is 13.0 Å². The SMILES string of the molecule is C[C@@H](C(=O)Nc1ccc(OCCOCCOCCOCCOCCOCCNC(=O)COc2cccc3c2C(=O)N(C2CCC(=O)NC2=O)C3=O)cc1)C1CCC(c2ccnc3ccc(F)cc23)CC1. The number of carbonyl (C=O) groups excluding carboxylic acids is 6. The predicted octanol–water partition coefficient (Wildman–Crippen LogP) is 4.98. The zero-order valence-electron chi connectivity index (χ0n) is 39.3. The van der Waals surface area contributed by atoms with Gasteiger partial charge in [0.2, 0.25) is 17.7 Å². The minimum Gasteiger partial charge on any atom is -0.491 e. The van der Waals surface area contributed by atoms with Crippen molar-refractivity contribution in [3.63, 3.8) is 0 Å². The van der Waals surface area contributed by atoms with Gasteiger partial charge in [-0.2, -0.15) is 0 Å². The number of nitrogens with zero attached hydrogens (tertiary/aromatic N) is 2. The maximum Gasteiger partial charge on any atom is 0.266 e. The number of carbonyl (C=O) groups is 6. The molecule has 3 aliphatic rings. The van der Waals surface area contributed by atoms with E-state index in [9.17, 15) is 33.2 Å². The molecule has 0 radical (unpaired) electrons. The van der Waals surface area contributed by atoms with E-state index in [0.717, 1.165) is 47.0 Å². The second-order valence-corrected chi connectivity index (χ2v) is 17.2. The Bertz CT molecular complexity index is 2450. The summed E-state index contributed by atoms with van der Waals surface area (Å²) in [5, 5.41) is 8.73. The largest absolute Gasteiger partial charge is 0.491 e. The molecule has 3 heterocycles. The third-order valence-electron chi connectivity index (χ3n) is 12.5. The Morgan fingerprint density at radius 2 is 1.41 bits per heavy atom. The molecule has 1 saturated heterocycles. The summed E-state index contributed by atoms with van der Waals surface area (Å²) in [4.78, 5) is 80.8. The summed E-state index contributed by atoms with van der Waals surface area (Å²) < 4.78 is 53.0. The number of imide groups is 2. The van der Waals surface area contributed by atoms with Gasteiger partial charge in [-0.3, -0.25) is 44.0 Å². The van der Waals surface area contributed by atoms with Crippen molar-refractivity contribution in [2.45, 2.75) is 57.4 Å². The molecule has 1 aromatic heterocycles. The molecule has 1 saturated carbocycles. The zero-order chi connectivity index (χ0) is 49.2. The van der Waals surface area contributed by atoms with Crippen LogP contribution in [-0.2, 0) is 42.9 Å². The molecule has 2 fully saturated rings. The molecular formula is C51H60FN5O13. The molecule has 0 bridgehead atoms. The minimum absolute atomic E-state index is 0.00370. The highest BCUT2D eigenvalue weighted by Crippen LogP contribution is 2.41. The Morgan fingerprint density at radius 1 is 0.757 bits per heavy atom. The second-order valence-electron chi connectivity index (χ2n) is 17.2. The normalized spacial score (nSPS) is 18.4. The molecule has 19 heteroatoms. The molecule has 1 aliphatic carbocycles. The first-order valence-corrected chi connectivity index (χ1v) is 23.8. The maximum absolute atomic E-state index is 14.0. The number of pyridine rings is 1. The summed E-state index contributed by atoms with van der Waals surface area (Å²) in [7, 11) is 0. The van der Waals surface area contributed by atoms with Gasteiger partial charge in [-0.05, 0) is 110 Å². The number of benzene rings is 3. The number of anilines is 1. The van der Waals surface area contributed by atoms with Crippen LogP contribution < -0.4 is 25.4 Å². The zero-order valence-corrected chi connectivity index (χ0v) is 39.3. The van der Waals surface area contributed by atoms with Crippen LogP contribution in [0.25, 0.3) is 10.9 Å². The summed E-state index contributed by atoms with van der Waals surface area (Å²) in [6, 6.07) is 17.4. The quantitative estimate of drug-likeness (QED) is 0.0531. The van der Waals surface area contributed by atoms with Gasteiger partial charge in [0.25, 0.3) is 17.7 Å². The van der Waals surface area contributed by atoms with Gasteiger partial charge in [0.15, 0.2) is 6.61 Å². The Labute approximate surface area is 405 Å². The number of aromatic nitrogens is 1. The summed E-state index contributed by atoms with van der Waals surface area (Å²) in [5.74, 6) is -2.13. The molecule has 70 heavy (non-hydrogen) atoms. The van der Waals surface area contributed by atoms with Gasteiger partial charge >= 0.3 is 0 Å². The highest BCUT2D eigenvalue weighted by molar-refractivity contribution is 6.24. The molecule has 3 N–H and O–H groups in total. The van der Waals surface area contributed by atoms with Crippen molar-refractivity contribution < 1.29 is 66.3 Å². The van der Waals surface area contributed by atoms with E-state index >= 15 is 0 Å². The number of rotatable bonds is 27. The van der Waals surface area contributed by atoms with Gasteiger partial charge in [0.1, 0.15) is 30.0 Å². The fraction of sp³-hybridized carbons (Fsp3) is 0.471. The number of nitrogens with one attached hydrogen (secondary N) is 3. The number of ether oxygens (including phenoxy) is 7. The monoisotopic (exact) mass is 969 g/mol.